The summed E-state index contributed by atoms with van der Waals surface area (Å²) in [4.78, 5) is 0. The summed E-state index contributed by atoms with van der Waals surface area (Å²) < 4.78 is 0. The Bertz CT molecular complexity index is 202. The smallest absolute Gasteiger partial charge is 0.0562 e. The molecule has 0 aromatic rings. The predicted octanol–water partition coefficient (Wildman–Crippen LogP) is 1.77. The first-order valence-electron chi connectivity index (χ1n) is 4.46. The first kappa shape index (κ1) is 9.17. The summed E-state index contributed by atoms with van der Waals surface area (Å²) in [5, 5.41) is 6.82. The zero-order chi connectivity index (χ0) is 9.14. The standard InChI is InChI=1S/C10H18N2/c1-7(2)9-10(8(3)4)12-6-5-11-9/h11-12H,5-6H2,1-4H3. The Morgan fingerprint density at radius 3 is 1.42 bits per heavy atom. The first-order valence-corrected chi connectivity index (χ1v) is 4.46. The van der Waals surface area contributed by atoms with E-state index < -0.39 is 0 Å². The maximum Gasteiger partial charge on any atom is 0.0562 e. The van der Waals surface area contributed by atoms with Crippen molar-refractivity contribution in [3.63, 3.8) is 0 Å². The van der Waals surface area contributed by atoms with E-state index in [0.717, 1.165) is 13.1 Å². The monoisotopic (exact) mass is 166 g/mol. The average molecular weight is 166 g/mol. The molecule has 1 aliphatic rings. The molecule has 0 aromatic heterocycles. The number of allylic oxidation sites excluding steroid dienone is 2. The molecule has 0 spiro atoms. The minimum absolute atomic E-state index is 1.03. The molecule has 12 heavy (non-hydrogen) atoms. The predicted molar refractivity (Wildman–Crippen MR) is 52.8 cm³/mol. The van der Waals surface area contributed by atoms with E-state index in [1.807, 2.05) is 0 Å². The van der Waals surface area contributed by atoms with Gasteiger partial charge in [0.15, 0.2) is 0 Å². The zero-order valence-electron chi connectivity index (χ0n) is 8.41. The van der Waals surface area contributed by atoms with Gasteiger partial charge in [-0.1, -0.05) is 11.1 Å². The highest BCUT2D eigenvalue weighted by Gasteiger charge is 2.11. The zero-order valence-corrected chi connectivity index (χ0v) is 8.41. The molecule has 2 N–H and O–H groups in total. The average Bonchev–Trinajstić information content (AvgIpc) is 2.04. The molecule has 1 heterocycles. The summed E-state index contributed by atoms with van der Waals surface area (Å²) in [7, 11) is 0. The van der Waals surface area contributed by atoms with E-state index in [1.54, 1.807) is 0 Å². The molecular weight excluding hydrogens is 148 g/mol. The van der Waals surface area contributed by atoms with Crippen molar-refractivity contribution in [2.75, 3.05) is 13.1 Å². The summed E-state index contributed by atoms with van der Waals surface area (Å²) in [6.45, 7) is 10.6. The van der Waals surface area contributed by atoms with E-state index in [-0.39, 0.29) is 0 Å². The van der Waals surface area contributed by atoms with Crippen LogP contribution in [0.5, 0.6) is 0 Å². The Balaban J connectivity index is 2.98. The van der Waals surface area contributed by atoms with Crippen LogP contribution in [0.25, 0.3) is 0 Å². The van der Waals surface area contributed by atoms with Crippen LogP contribution in [-0.2, 0) is 0 Å². The van der Waals surface area contributed by atoms with Crippen LogP contribution in [0.2, 0.25) is 0 Å². The topological polar surface area (TPSA) is 24.1 Å². The van der Waals surface area contributed by atoms with Crippen LogP contribution in [0.3, 0.4) is 0 Å². The Kier molecular flexibility index (Phi) is 2.79. The fourth-order valence-electron chi connectivity index (χ4n) is 1.41. The van der Waals surface area contributed by atoms with Crippen molar-refractivity contribution in [3.05, 3.63) is 22.5 Å². The second-order valence-electron chi connectivity index (χ2n) is 3.60. The van der Waals surface area contributed by atoms with Gasteiger partial charge in [0.1, 0.15) is 0 Å². The lowest BCUT2D eigenvalue weighted by Gasteiger charge is -2.25. The molecule has 0 aliphatic carbocycles. The molecule has 0 aromatic carbocycles. The van der Waals surface area contributed by atoms with Gasteiger partial charge in [-0.05, 0) is 27.7 Å². The van der Waals surface area contributed by atoms with Crippen LogP contribution in [-0.4, -0.2) is 13.1 Å². The van der Waals surface area contributed by atoms with Gasteiger partial charge in [0.2, 0.25) is 0 Å². The number of rotatable bonds is 0. The van der Waals surface area contributed by atoms with Crippen LogP contribution in [0.4, 0.5) is 0 Å². The molecule has 0 bridgehead atoms. The summed E-state index contributed by atoms with van der Waals surface area (Å²) in [6, 6.07) is 0. The minimum atomic E-state index is 1.03. The van der Waals surface area contributed by atoms with E-state index >= 15 is 0 Å². The normalized spacial score (nSPS) is 16.7. The largest absolute Gasteiger partial charge is 0.382 e. The third-order valence-corrected chi connectivity index (χ3v) is 1.98. The van der Waals surface area contributed by atoms with E-state index in [0.29, 0.717) is 0 Å². The lowest BCUT2D eigenvalue weighted by Crippen LogP contribution is -2.37. The first-order chi connectivity index (χ1) is 5.63. The van der Waals surface area contributed by atoms with Crippen molar-refractivity contribution >= 4 is 0 Å². The molecule has 1 saturated heterocycles. The van der Waals surface area contributed by atoms with Crippen molar-refractivity contribution in [3.8, 4) is 0 Å². The number of hydrogen-bond acceptors (Lipinski definition) is 2. The maximum absolute atomic E-state index is 3.41. The minimum Gasteiger partial charge on any atom is -0.382 e. The van der Waals surface area contributed by atoms with Gasteiger partial charge in [0, 0.05) is 13.1 Å². The van der Waals surface area contributed by atoms with Gasteiger partial charge in [0.05, 0.1) is 11.4 Å². The molecular formula is C10H18N2. The Hall–Kier alpha value is -0.920. The van der Waals surface area contributed by atoms with Crippen LogP contribution in [0, 0.1) is 0 Å². The van der Waals surface area contributed by atoms with Crippen LogP contribution in [0.1, 0.15) is 27.7 Å². The van der Waals surface area contributed by atoms with Gasteiger partial charge >= 0.3 is 0 Å². The number of nitrogens with one attached hydrogen (secondary N) is 2. The fourth-order valence-corrected chi connectivity index (χ4v) is 1.41. The van der Waals surface area contributed by atoms with Gasteiger partial charge < -0.3 is 10.6 Å². The van der Waals surface area contributed by atoms with Crippen molar-refractivity contribution in [2.24, 2.45) is 0 Å². The van der Waals surface area contributed by atoms with E-state index in [2.05, 4.69) is 38.3 Å². The highest BCUT2D eigenvalue weighted by molar-refractivity contribution is 5.35. The highest BCUT2D eigenvalue weighted by atomic mass is 15.1. The third kappa shape index (κ3) is 1.81. The molecule has 0 radical (unpaired) electrons. The van der Waals surface area contributed by atoms with Crippen molar-refractivity contribution in [1.29, 1.82) is 0 Å². The van der Waals surface area contributed by atoms with E-state index in [9.17, 15) is 0 Å². The molecule has 1 aliphatic heterocycles. The maximum atomic E-state index is 3.41. The van der Waals surface area contributed by atoms with Crippen molar-refractivity contribution in [2.45, 2.75) is 27.7 Å². The van der Waals surface area contributed by atoms with E-state index in [1.165, 1.54) is 22.5 Å². The highest BCUT2D eigenvalue weighted by Crippen LogP contribution is 2.15. The second kappa shape index (κ2) is 3.65. The molecule has 2 heteroatoms. The van der Waals surface area contributed by atoms with Gasteiger partial charge in [-0.15, -0.1) is 0 Å². The Morgan fingerprint density at radius 1 is 0.833 bits per heavy atom. The third-order valence-electron chi connectivity index (χ3n) is 1.98. The molecule has 0 unspecified atom stereocenters. The quantitative estimate of drug-likeness (QED) is 0.573. The lowest BCUT2D eigenvalue weighted by molar-refractivity contribution is 0.644. The van der Waals surface area contributed by atoms with Crippen LogP contribution < -0.4 is 10.6 Å². The van der Waals surface area contributed by atoms with Gasteiger partial charge in [-0.2, -0.15) is 0 Å². The molecule has 68 valence electrons. The fraction of sp³-hybridized carbons (Fsp3) is 0.600. The van der Waals surface area contributed by atoms with Gasteiger partial charge in [0.25, 0.3) is 0 Å². The summed E-state index contributed by atoms with van der Waals surface area (Å²) >= 11 is 0. The van der Waals surface area contributed by atoms with Crippen LogP contribution >= 0.6 is 0 Å². The van der Waals surface area contributed by atoms with E-state index in [4.69, 9.17) is 0 Å². The molecule has 0 atom stereocenters. The number of hydrogen-bond donors (Lipinski definition) is 2. The molecule has 2 nitrogen and oxygen atoms in total. The molecule has 0 saturated carbocycles. The lowest BCUT2D eigenvalue weighted by atomic mass is 10.1. The molecule has 1 fully saturated rings. The summed E-state index contributed by atoms with van der Waals surface area (Å²) in [5.74, 6) is 0. The number of piperazine rings is 1. The van der Waals surface area contributed by atoms with Crippen molar-refractivity contribution in [1.82, 2.24) is 10.6 Å². The summed E-state index contributed by atoms with van der Waals surface area (Å²) in [6.07, 6.45) is 0. The van der Waals surface area contributed by atoms with Crippen molar-refractivity contribution < 1.29 is 0 Å². The molecule has 0 amide bonds. The van der Waals surface area contributed by atoms with Gasteiger partial charge in [-0.25, -0.2) is 0 Å². The van der Waals surface area contributed by atoms with Gasteiger partial charge in [-0.3, -0.25) is 0 Å². The van der Waals surface area contributed by atoms with Crippen LogP contribution in [0.15, 0.2) is 22.5 Å². The molecule has 1 rings (SSSR count). The Labute approximate surface area is 74.7 Å². The summed E-state index contributed by atoms with van der Waals surface area (Å²) in [5.41, 5.74) is 5.25. The second-order valence-corrected chi connectivity index (χ2v) is 3.60. The Morgan fingerprint density at radius 2 is 1.17 bits per heavy atom. The SMILES string of the molecule is CC(C)=C1NCCNC1=C(C)C.